The first-order valence-electron chi connectivity index (χ1n) is 4.11. The third kappa shape index (κ3) is 5.08. The predicted molar refractivity (Wildman–Crippen MR) is 47.6 cm³/mol. The van der Waals surface area contributed by atoms with Crippen LogP contribution in [0, 0.1) is 11.3 Å². The Morgan fingerprint density at radius 1 is 1.67 bits per heavy atom. The van der Waals surface area contributed by atoms with Gasteiger partial charge in [-0.25, -0.2) is 0 Å². The Hall–Kier alpha value is -0.630. The van der Waals surface area contributed by atoms with Crippen molar-refractivity contribution in [3.8, 4) is 6.07 Å². The fraction of sp³-hybridized carbons (Fsp3) is 0.875. The molecular formula is C8H17N3O. The summed E-state index contributed by atoms with van der Waals surface area (Å²) in [5.41, 5.74) is 5.48. The molecule has 0 saturated heterocycles. The second-order valence-electron chi connectivity index (χ2n) is 2.62. The van der Waals surface area contributed by atoms with Gasteiger partial charge in [0.15, 0.2) is 0 Å². The molecule has 1 atom stereocenters. The van der Waals surface area contributed by atoms with Crippen LogP contribution in [0.5, 0.6) is 0 Å². The van der Waals surface area contributed by atoms with Crippen molar-refractivity contribution in [3.63, 3.8) is 0 Å². The number of rotatable bonds is 6. The van der Waals surface area contributed by atoms with Crippen LogP contribution >= 0.6 is 0 Å². The van der Waals surface area contributed by atoms with Crippen molar-refractivity contribution in [1.82, 2.24) is 4.90 Å². The first-order valence-corrected chi connectivity index (χ1v) is 4.11. The number of nitrogens with zero attached hydrogens (tertiary/aromatic N) is 2. The van der Waals surface area contributed by atoms with Gasteiger partial charge >= 0.3 is 0 Å². The van der Waals surface area contributed by atoms with Gasteiger partial charge in [-0.05, 0) is 6.54 Å². The zero-order valence-corrected chi connectivity index (χ0v) is 7.79. The van der Waals surface area contributed by atoms with Crippen LogP contribution in [0.15, 0.2) is 0 Å². The zero-order valence-electron chi connectivity index (χ0n) is 7.79. The Labute approximate surface area is 73.9 Å². The zero-order chi connectivity index (χ0) is 9.40. The van der Waals surface area contributed by atoms with Gasteiger partial charge in [0.25, 0.3) is 0 Å². The highest BCUT2D eigenvalue weighted by atomic mass is 16.5. The van der Waals surface area contributed by atoms with Crippen LogP contribution in [0.3, 0.4) is 0 Å². The summed E-state index contributed by atoms with van der Waals surface area (Å²) in [5.74, 6) is 0. The Bertz CT molecular complexity index is 144. The van der Waals surface area contributed by atoms with Crippen LogP contribution in [0.2, 0.25) is 0 Å². The molecule has 0 amide bonds. The van der Waals surface area contributed by atoms with Crippen molar-refractivity contribution < 1.29 is 4.74 Å². The summed E-state index contributed by atoms with van der Waals surface area (Å²) in [7, 11) is 1.66. The maximum atomic E-state index is 8.47. The lowest BCUT2D eigenvalue weighted by Gasteiger charge is -2.20. The molecule has 0 aromatic carbocycles. The normalized spacial score (nSPS) is 12.9. The molecule has 0 aliphatic carbocycles. The van der Waals surface area contributed by atoms with Crippen molar-refractivity contribution >= 4 is 0 Å². The smallest absolute Gasteiger partial charge is 0.106 e. The van der Waals surface area contributed by atoms with E-state index in [2.05, 4.69) is 4.90 Å². The molecular weight excluding hydrogens is 154 g/mol. The minimum absolute atomic E-state index is 0.387. The monoisotopic (exact) mass is 171 g/mol. The minimum atomic E-state index is -0.387. The summed E-state index contributed by atoms with van der Waals surface area (Å²) in [6.45, 7) is 5.09. The van der Waals surface area contributed by atoms with Crippen LogP contribution in [0.1, 0.15) is 6.92 Å². The van der Waals surface area contributed by atoms with E-state index in [4.69, 9.17) is 15.7 Å². The molecule has 4 heteroatoms. The maximum absolute atomic E-state index is 8.47. The molecule has 0 fully saturated rings. The van der Waals surface area contributed by atoms with E-state index in [9.17, 15) is 0 Å². The number of nitrogens with two attached hydrogens (primary N) is 1. The highest BCUT2D eigenvalue weighted by molar-refractivity contribution is 4.88. The first-order chi connectivity index (χ1) is 5.74. The van der Waals surface area contributed by atoms with E-state index in [-0.39, 0.29) is 6.04 Å². The van der Waals surface area contributed by atoms with Gasteiger partial charge in [0.1, 0.15) is 6.04 Å². The van der Waals surface area contributed by atoms with Crippen LogP contribution < -0.4 is 5.73 Å². The third-order valence-electron chi connectivity index (χ3n) is 1.68. The quantitative estimate of drug-likeness (QED) is 0.601. The van der Waals surface area contributed by atoms with Gasteiger partial charge in [-0.1, -0.05) is 6.92 Å². The fourth-order valence-corrected chi connectivity index (χ4v) is 0.918. The first kappa shape index (κ1) is 11.4. The van der Waals surface area contributed by atoms with Crippen LogP contribution in [0.4, 0.5) is 0 Å². The topological polar surface area (TPSA) is 62.3 Å². The van der Waals surface area contributed by atoms with Gasteiger partial charge in [0.2, 0.25) is 0 Å². The van der Waals surface area contributed by atoms with E-state index in [0.717, 1.165) is 13.1 Å². The number of methoxy groups -OCH3 is 1. The van der Waals surface area contributed by atoms with E-state index in [1.165, 1.54) is 0 Å². The summed E-state index contributed by atoms with van der Waals surface area (Å²) in [6, 6.07) is 1.61. The molecule has 1 unspecified atom stereocenters. The lowest BCUT2D eigenvalue weighted by Crippen LogP contribution is -2.38. The highest BCUT2D eigenvalue weighted by Gasteiger charge is 2.06. The molecule has 4 nitrogen and oxygen atoms in total. The van der Waals surface area contributed by atoms with Crippen LogP contribution in [0.25, 0.3) is 0 Å². The molecule has 0 aliphatic heterocycles. The van der Waals surface area contributed by atoms with Gasteiger partial charge in [0, 0.05) is 20.2 Å². The summed E-state index contributed by atoms with van der Waals surface area (Å²) in [5, 5.41) is 8.47. The SMILES string of the molecule is CCN(CCOC)CC(N)C#N. The Morgan fingerprint density at radius 2 is 2.33 bits per heavy atom. The molecule has 0 heterocycles. The number of nitriles is 1. The van der Waals surface area contributed by atoms with Crippen molar-refractivity contribution in [2.45, 2.75) is 13.0 Å². The van der Waals surface area contributed by atoms with Gasteiger partial charge in [0.05, 0.1) is 12.7 Å². The van der Waals surface area contributed by atoms with Gasteiger partial charge in [-0.2, -0.15) is 5.26 Å². The molecule has 0 aromatic heterocycles. The largest absolute Gasteiger partial charge is 0.383 e. The molecule has 0 radical (unpaired) electrons. The van der Waals surface area contributed by atoms with Crippen LogP contribution in [-0.2, 0) is 4.74 Å². The molecule has 0 bridgehead atoms. The summed E-state index contributed by atoms with van der Waals surface area (Å²) in [4.78, 5) is 2.09. The maximum Gasteiger partial charge on any atom is 0.106 e. The van der Waals surface area contributed by atoms with Gasteiger partial charge in [-0.3, -0.25) is 4.90 Å². The molecule has 2 N–H and O–H groups in total. The second kappa shape index (κ2) is 7.04. The molecule has 0 aromatic rings. The molecule has 12 heavy (non-hydrogen) atoms. The number of ether oxygens (including phenoxy) is 1. The molecule has 0 aliphatic rings. The number of likely N-dealkylation sites (N-methyl/N-ethyl adjacent to an activating group) is 1. The predicted octanol–water partition coefficient (Wildman–Crippen LogP) is -0.194. The summed E-state index contributed by atoms with van der Waals surface area (Å²) >= 11 is 0. The average molecular weight is 171 g/mol. The fourth-order valence-electron chi connectivity index (χ4n) is 0.918. The molecule has 0 rings (SSSR count). The Balaban J connectivity index is 3.60. The third-order valence-corrected chi connectivity index (χ3v) is 1.68. The summed E-state index contributed by atoms with van der Waals surface area (Å²) < 4.78 is 4.92. The van der Waals surface area contributed by atoms with E-state index in [1.54, 1.807) is 7.11 Å². The second-order valence-corrected chi connectivity index (χ2v) is 2.62. The molecule has 70 valence electrons. The number of hydrogen-bond acceptors (Lipinski definition) is 4. The van der Waals surface area contributed by atoms with E-state index < -0.39 is 0 Å². The Kier molecular flexibility index (Phi) is 6.67. The van der Waals surface area contributed by atoms with Crippen LogP contribution in [-0.4, -0.2) is 44.3 Å². The van der Waals surface area contributed by atoms with Crippen molar-refractivity contribution in [3.05, 3.63) is 0 Å². The molecule has 0 saturated carbocycles. The minimum Gasteiger partial charge on any atom is -0.383 e. The van der Waals surface area contributed by atoms with E-state index in [0.29, 0.717) is 13.2 Å². The number of hydrogen-bond donors (Lipinski definition) is 1. The van der Waals surface area contributed by atoms with E-state index >= 15 is 0 Å². The highest BCUT2D eigenvalue weighted by Crippen LogP contribution is 1.89. The average Bonchev–Trinajstić information content (AvgIpc) is 2.11. The molecule has 0 spiro atoms. The van der Waals surface area contributed by atoms with Crippen molar-refractivity contribution in [2.75, 3.05) is 33.4 Å². The van der Waals surface area contributed by atoms with E-state index in [1.807, 2.05) is 13.0 Å². The summed E-state index contributed by atoms with van der Waals surface area (Å²) in [6.07, 6.45) is 0. The lowest BCUT2D eigenvalue weighted by molar-refractivity contribution is 0.150. The lowest BCUT2D eigenvalue weighted by atomic mass is 10.3. The Morgan fingerprint density at radius 3 is 2.75 bits per heavy atom. The van der Waals surface area contributed by atoms with Crippen molar-refractivity contribution in [2.24, 2.45) is 5.73 Å². The van der Waals surface area contributed by atoms with Gasteiger partial charge < -0.3 is 10.5 Å². The van der Waals surface area contributed by atoms with Gasteiger partial charge in [-0.15, -0.1) is 0 Å². The standard InChI is InChI=1S/C8H17N3O/c1-3-11(4-5-12-2)7-8(10)6-9/h8H,3-5,7,10H2,1-2H3. The van der Waals surface area contributed by atoms with Crippen molar-refractivity contribution in [1.29, 1.82) is 5.26 Å².